The van der Waals surface area contributed by atoms with E-state index < -0.39 is 10.0 Å². The topological polar surface area (TPSA) is 77.5 Å². The number of rotatable bonds is 6. The Morgan fingerprint density at radius 2 is 1.78 bits per heavy atom. The number of hydrogen-bond donors (Lipinski definition) is 1. The molecule has 2 aromatic carbocycles. The second kappa shape index (κ2) is 8.54. The van der Waals surface area contributed by atoms with Gasteiger partial charge in [-0.1, -0.05) is 42.2 Å². The maximum Gasteiger partial charge on any atom is 0.245 e. The highest BCUT2D eigenvalue weighted by atomic mass is 32.2. The van der Waals surface area contributed by atoms with Crippen LogP contribution in [0.3, 0.4) is 0 Å². The van der Waals surface area contributed by atoms with E-state index in [0.717, 1.165) is 10.9 Å². The van der Waals surface area contributed by atoms with Gasteiger partial charge >= 0.3 is 0 Å². The molecule has 1 heterocycles. The highest BCUT2D eigenvalue weighted by Crippen LogP contribution is 2.23. The van der Waals surface area contributed by atoms with Crippen molar-refractivity contribution in [1.29, 1.82) is 0 Å². The SMILES string of the molecule is COc1ccccc1S(=O)(=O)NCC#CCOc1cccc2cccnc12. The first-order valence-corrected chi connectivity index (χ1v) is 9.65. The van der Waals surface area contributed by atoms with Gasteiger partial charge in [0, 0.05) is 11.6 Å². The summed E-state index contributed by atoms with van der Waals surface area (Å²) in [5, 5.41) is 0.979. The van der Waals surface area contributed by atoms with E-state index in [1.54, 1.807) is 24.4 Å². The lowest BCUT2D eigenvalue weighted by Crippen LogP contribution is -2.24. The number of methoxy groups -OCH3 is 1. The maximum atomic E-state index is 12.3. The molecule has 0 fully saturated rings. The summed E-state index contributed by atoms with van der Waals surface area (Å²) in [6.45, 7) is 0.101. The smallest absolute Gasteiger partial charge is 0.245 e. The van der Waals surface area contributed by atoms with Gasteiger partial charge in [-0.15, -0.1) is 0 Å². The van der Waals surface area contributed by atoms with Crippen molar-refractivity contribution in [2.24, 2.45) is 0 Å². The van der Waals surface area contributed by atoms with Crippen molar-refractivity contribution in [3.05, 3.63) is 60.8 Å². The van der Waals surface area contributed by atoms with Crippen LogP contribution < -0.4 is 14.2 Å². The van der Waals surface area contributed by atoms with Crippen LogP contribution in [0.2, 0.25) is 0 Å². The Kier molecular flexibility index (Phi) is 5.91. The van der Waals surface area contributed by atoms with Crippen LogP contribution in [0.4, 0.5) is 0 Å². The van der Waals surface area contributed by atoms with E-state index in [9.17, 15) is 8.42 Å². The average Bonchev–Trinajstić information content (AvgIpc) is 2.70. The number of para-hydroxylation sites is 2. The molecule has 0 unspecified atom stereocenters. The van der Waals surface area contributed by atoms with Crippen LogP contribution in [0.15, 0.2) is 65.7 Å². The first kappa shape index (κ1) is 18.7. The molecule has 27 heavy (non-hydrogen) atoms. The molecular formula is C20H18N2O4S. The van der Waals surface area contributed by atoms with Crippen LogP contribution >= 0.6 is 0 Å². The average molecular weight is 382 g/mol. The summed E-state index contributed by atoms with van der Waals surface area (Å²) in [6, 6.07) is 15.9. The molecule has 0 radical (unpaired) electrons. The molecule has 0 spiro atoms. The fraction of sp³-hybridized carbons (Fsp3) is 0.150. The van der Waals surface area contributed by atoms with Gasteiger partial charge in [-0.25, -0.2) is 8.42 Å². The van der Waals surface area contributed by atoms with E-state index in [4.69, 9.17) is 9.47 Å². The summed E-state index contributed by atoms with van der Waals surface area (Å²) >= 11 is 0. The molecule has 0 saturated carbocycles. The molecule has 1 aromatic heterocycles. The molecule has 0 bridgehead atoms. The number of ether oxygens (including phenoxy) is 2. The van der Waals surface area contributed by atoms with Crippen molar-refractivity contribution in [2.75, 3.05) is 20.3 Å². The summed E-state index contributed by atoms with van der Waals surface area (Å²) in [5.41, 5.74) is 0.763. The summed E-state index contributed by atoms with van der Waals surface area (Å²) in [5.74, 6) is 6.45. The lowest BCUT2D eigenvalue weighted by atomic mass is 10.2. The Bertz CT molecular complexity index is 1100. The molecule has 3 rings (SSSR count). The highest BCUT2D eigenvalue weighted by molar-refractivity contribution is 7.89. The van der Waals surface area contributed by atoms with E-state index in [0.29, 0.717) is 5.75 Å². The predicted molar refractivity (Wildman–Crippen MR) is 103 cm³/mol. The first-order valence-electron chi connectivity index (χ1n) is 8.17. The molecule has 138 valence electrons. The molecule has 1 N–H and O–H groups in total. The van der Waals surface area contributed by atoms with Gasteiger partial charge in [0.1, 0.15) is 28.5 Å². The van der Waals surface area contributed by atoms with Crippen LogP contribution in [0, 0.1) is 11.8 Å². The molecule has 0 atom stereocenters. The summed E-state index contributed by atoms with van der Waals surface area (Å²) in [4.78, 5) is 4.38. The van der Waals surface area contributed by atoms with Crippen LogP contribution in [0.25, 0.3) is 10.9 Å². The van der Waals surface area contributed by atoms with Crippen LogP contribution in [-0.4, -0.2) is 33.7 Å². The quantitative estimate of drug-likeness (QED) is 0.663. The van der Waals surface area contributed by atoms with Crippen molar-refractivity contribution < 1.29 is 17.9 Å². The third-order valence-electron chi connectivity index (χ3n) is 3.73. The lowest BCUT2D eigenvalue weighted by Gasteiger charge is -2.08. The molecule has 0 aliphatic carbocycles. The summed E-state index contributed by atoms with van der Waals surface area (Å²) < 4.78 is 37.8. The van der Waals surface area contributed by atoms with Gasteiger partial charge in [0.2, 0.25) is 10.0 Å². The minimum absolute atomic E-state index is 0.0302. The lowest BCUT2D eigenvalue weighted by molar-refractivity contribution is 0.374. The van der Waals surface area contributed by atoms with Crippen LogP contribution in [0.5, 0.6) is 11.5 Å². The van der Waals surface area contributed by atoms with Crippen molar-refractivity contribution in [2.45, 2.75) is 4.90 Å². The van der Waals surface area contributed by atoms with E-state index >= 15 is 0 Å². The number of hydrogen-bond acceptors (Lipinski definition) is 5. The van der Waals surface area contributed by atoms with Crippen molar-refractivity contribution in [3.63, 3.8) is 0 Å². The second-order valence-electron chi connectivity index (χ2n) is 5.45. The van der Waals surface area contributed by atoms with Gasteiger partial charge in [0.25, 0.3) is 0 Å². The zero-order valence-corrected chi connectivity index (χ0v) is 15.5. The zero-order chi connectivity index (χ0) is 19.1. The van der Waals surface area contributed by atoms with Crippen LogP contribution in [0.1, 0.15) is 0 Å². The number of nitrogens with zero attached hydrogens (tertiary/aromatic N) is 1. The number of fused-ring (bicyclic) bond motifs is 1. The molecule has 3 aromatic rings. The van der Waals surface area contributed by atoms with E-state index in [-0.39, 0.29) is 23.8 Å². The largest absolute Gasteiger partial charge is 0.495 e. The van der Waals surface area contributed by atoms with Crippen molar-refractivity contribution in [1.82, 2.24) is 9.71 Å². The van der Waals surface area contributed by atoms with Gasteiger partial charge in [0.05, 0.1) is 13.7 Å². The molecule has 7 heteroatoms. The molecular weight excluding hydrogens is 364 g/mol. The monoisotopic (exact) mass is 382 g/mol. The second-order valence-corrected chi connectivity index (χ2v) is 7.18. The van der Waals surface area contributed by atoms with Crippen LogP contribution in [-0.2, 0) is 10.0 Å². The predicted octanol–water partition coefficient (Wildman–Crippen LogP) is 2.60. The Morgan fingerprint density at radius 3 is 2.63 bits per heavy atom. The Morgan fingerprint density at radius 1 is 1.00 bits per heavy atom. The maximum absolute atomic E-state index is 12.3. The number of nitrogens with one attached hydrogen (secondary N) is 1. The normalized spacial score (nSPS) is 10.9. The molecule has 6 nitrogen and oxygen atoms in total. The van der Waals surface area contributed by atoms with Gasteiger partial charge in [-0.2, -0.15) is 4.72 Å². The van der Waals surface area contributed by atoms with Gasteiger partial charge in [-0.3, -0.25) is 4.98 Å². The number of benzene rings is 2. The van der Waals surface area contributed by atoms with Crippen molar-refractivity contribution >= 4 is 20.9 Å². The third kappa shape index (κ3) is 4.56. The van der Waals surface area contributed by atoms with Gasteiger partial charge in [-0.05, 0) is 24.3 Å². The number of sulfonamides is 1. The Hall–Kier alpha value is -3.08. The fourth-order valence-corrected chi connectivity index (χ4v) is 3.56. The van der Waals surface area contributed by atoms with Gasteiger partial charge < -0.3 is 9.47 Å². The number of aromatic nitrogens is 1. The Labute approximate surface area is 158 Å². The summed E-state index contributed by atoms with van der Waals surface area (Å²) in [7, 11) is -2.28. The molecule has 0 saturated heterocycles. The molecule has 0 amide bonds. The highest BCUT2D eigenvalue weighted by Gasteiger charge is 2.17. The fourth-order valence-electron chi connectivity index (χ4n) is 2.47. The molecule has 0 aliphatic rings. The summed E-state index contributed by atoms with van der Waals surface area (Å²) in [6.07, 6.45) is 1.70. The zero-order valence-electron chi connectivity index (χ0n) is 14.7. The Balaban J connectivity index is 1.58. The minimum atomic E-state index is -3.70. The number of pyridine rings is 1. The third-order valence-corrected chi connectivity index (χ3v) is 5.17. The van der Waals surface area contributed by atoms with E-state index in [1.807, 2.05) is 30.3 Å². The first-order chi connectivity index (χ1) is 13.1. The van der Waals surface area contributed by atoms with Gasteiger partial charge in [0.15, 0.2) is 0 Å². The van der Waals surface area contributed by atoms with Crippen molar-refractivity contribution in [3.8, 4) is 23.3 Å². The van der Waals surface area contributed by atoms with E-state index in [1.165, 1.54) is 13.2 Å². The standard InChI is InChI=1S/C20H18N2O4S/c1-25-17-10-2-3-12-19(17)27(23,24)22-14-4-5-15-26-18-11-6-8-16-9-7-13-21-20(16)18/h2-3,6-13,22H,14-15H2,1H3. The minimum Gasteiger partial charge on any atom is -0.495 e. The van der Waals surface area contributed by atoms with E-state index in [2.05, 4.69) is 21.5 Å². The molecule has 0 aliphatic heterocycles.